The van der Waals surface area contributed by atoms with E-state index in [1.807, 2.05) is 36.9 Å². The van der Waals surface area contributed by atoms with Gasteiger partial charge in [0.2, 0.25) is 0 Å². The summed E-state index contributed by atoms with van der Waals surface area (Å²) in [5, 5.41) is 5.68. The first kappa shape index (κ1) is 19.2. The second-order valence-electron chi connectivity index (χ2n) is 6.81. The smallest absolute Gasteiger partial charge is 0.325 e. The van der Waals surface area contributed by atoms with Crippen molar-refractivity contribution in [2.45, 2.75) is 39.0 Å². The molecular formula is C19H27N5O3. The molecule has 2 heterocycles. The Morgan fingerprint density at radius 3 is 2.85 bits per heavy atom. The molecule has 1 aromatic rings. The molecule has 2 fully saturated rings. The Morgan fingerprint density at radius 1 is 1.30 bits per heavy atom. The van der Waals surface area contributed by atoms with Crippen molar-refractivity contribution in [3.05, 3.63) is 35.4 Å². The van der Waals surface area contributed by atoms with Crippen LogP contribution in [0.15, 0.2) is 29.3 Å². The molecule has 0 radical (unpaired) electrons. The van der Waals surface area contributed by atoms with Gasteiger partial charge in [-0.25, -0.2) is 4.79 Å². The molecule has 27 heavy (non-hydrogen) atoms. The molecule has 3 amide bonds. The number of aryl methyl sites for hydroxylation is 1. The fourth-order valence-electron chi connectivity index (χ4n) is 3.40. The monoisotopic (exact) mass is 373 g/mol. The van der Waals surface area contributed by atoms with E-state index in [0.717, 1.165) is 17.5 Å². The molecule has 3 rings (SSSR count). The van der Waals surface area contributed by atoms with Crippen LogP contribution in [0.3, 0.4) is 0 Å². The second kappa shape index (κ2) is 8.39. The van der Waals surface area contributed by atoms with E-state index >= 15 is 0 Å². The number of fused-ring (bicyclic) bond motifs is 1. The zero-order valence-electron chi connectivity index (χ0n) is 16.1. The highest BCUT2D eigenvalue weighted by molar-refractivity contribution is 6.04. The van der Waals surface area contributed by atoms with Gasteiger partial charge in [0, 0.05) is 33.4 Å². The third-order valence-corrected chi connectivity index (χ3v) is 4.77. The summed E-state index contributed by atoms with van der Waals surface area (Å²) < 4.78 is 5.36. The fraction of sp³-hybridized carbons (Fsp3) is 0.526. The lowest BCUT2D eigenvalue weighted by atomic mass is 10.1. The number of guanidine groups is 1. The van der Waals surface area contributed by atoms with Crippen LogP contribution < -0.4 is 10.6 Å². The molecule has 1 aromatic carbocycles. The predicted octanol–water partition coefficient (Wildman–Crippen LogP) is 1.06. The van der Waals surface area contributed by atoms with Gasteiger partial charge < -0.3 is 19.9 Å². The molecule has 2 saturated heterocycles. The maximum absolute atomic E-state index is 12.5. The number of ether oxygens (including phenoxy) is 1. The van der Waals surface area contributed by atoms with E-state index in [4.69, 9.17) is 4.74 Å². The van der Waals surface area contributed by atoms with Crippen LogP contribution in [0.5, 0.6) is 0 Å². The molecular weight excluding hydrogens is 346 g/mol. The highest BCUT2D eigenvalue weighted by atomic mass is 16.5. The quantitative estimate of drug-likeness (QED) is 0.698. The van der Waals surface area contributed by atoms with Gasteiger partial charge in [0.05, 0.1) is 0 Å². The van der Waals surface area contributed by atoms with Crippen molar-refractivity contribution in [1.29, 1.82) is 0 Å². The van der Waals surface area contributed by atoms with Gasteiger partial charge in [0.1, 0.15) is 6.17 Å². The van der Waals surface area contributed by atoms with Crippen molar-refractivity contribution >= 4 is 17.9 Å². The van der Waals surface area contributed by atoms with Gasteiger partial charge in [-0.2, -0.15) is 0 Å². The molecule has 8 nitrogen and oxygen atoms in total. The number of likely N-dealkylation sites (N-methyl/N-ethyl adjacent to an activating group) is 1. The van der Waals surface area contributed by atoms with Crippen molar-refractivity contribution in [2.24, 2.45) is 4.99 Å². The molecule has 2 aliphatic rings. The summed E-state index contributed by atoms with van der Waals surface area (Å²) in [6.45, 7) is 6.46. The average Bonchev–Trinajstić information content (AvgIpc) is 2.99. The van der Waals surface area contributed by atoms with Crippen LogP contribution >= 0.6 is 0 Å². The van der Waals surface area contributed by atoms with Gasteiger partial charge in [0.25, 0.3) is 5.91 Å². The maximum Gasteiger partial charge on any atom is 0.325 e. The number of urea groups is 1. The highest BCUT2D eigenvalue weighted by Gasteiger charge is 2.49. The first-order valence-electron chi connectivity index (χ1n) is 9.30. The third kappa shape index (κ3) is 4.21. The molecule has 2 unspecified atom stereocenters. The van der Waals surface area contributed by atoms with Crippen molar-refractivity contribution in [3.63, 3.8) is 0 Å². The number of nitrogens with one attached hydrogen (secondary N) is 2. The van der Waals surface area contributed by atoms with E-state index in [2.05, 4.69) is 21.7 Å². The Bertz CT molecular complexity index is 736. The molecule has 146 valence electrons. The number of imide groups is 1. The summed E-state index contributed by atoms with van der Waals surface area (Å²) in [7, 11) is 1.68. The van der Waals surface area contributed by atoms with E-state index in [1.165, 1.54) is 4.90 Å². The molecule has 8 heteroatoms. The molecule has 2 aliphatic heterocycles. The number of hydrogen-bond donors (Lipinski definition) is 2. The van der Waals surface area contributed by atoms with Crippen molar-refractivity contribution in [2.75, 3.05) is 26.8 Å². The number of amides is 3. The lowest BCUT2D eigenvalue weighted by molar-refractivity contribution is -0.127. The maximum atomic E-state index is 12.5. The first-order chi connectivity index (χ1) is 13.0. The molecule has 0 saturated carbocycles. The summed E-state index contributed by atoms with van der Waals surface area (Å²) in [5.41, 5.74) is 2.25. The Morgan fingerprint density at radius 2 is 2.11 bits per heavy atom. The Labute approximate surface area is 159 Å². The van der Waals surface area contributed by atoms with Crippen LogP contribution in [0, 0.1) is 6.92 Å². The van der Waals surface area contributed by atoms with Crippen molar-refractivity contribution in [3.8, 4) is 0 Å². The molecule has 0 aliphatic carbocycles. The molecule has 2 atom stereocenters. The van der Waals surface area contributed by atoms with Crippen LogP contribution in [-0.2, 0) is 16.1 Å². The topological polar surface area (TPSA) is 86.3 Å². The van der Waals surface area contributed by atoms with Crippen LogP contribution in [0.25, 0.3) is 0 Å². The number of carbonyl (C=O) groups excluding carboxylic acids is 2. The van der Waals surface area contributed by atoms with Gasteiger partial charge >= 0.3 is 6.03 Å². The number of nitrogens with zero attached hydrogens (tertiary/aromatic N) is 3. The lowest BCUT2D eigenvalue weighted by Gasteiger charge is -2.35. The Balaban J connectivity index is 1.82. The minimum atomic E-state index is -0.515. The van der Waals surface area contributed by atoms with Gasteiger partial charge in [-0.15, -0.1) is 0 Å². The van der Waals surface area contributed by atoms with E-state index in [0.29, 0.717) is 32.3 Å². The summed E-state index contributed by atoms with van der Waals surface area (Å²) in [6, 6.07) is 7.25. The van der Waals surface area contributed by atoms with Crippen LogP contribution in [0.4, 0.5) is 4.79 Å². The SMILES string of the molecule is CCOCCCN=C1NC2C(C(=O)NC(=O)N2C)N1Cc1cccc(C)c1. The molecule has 0 bridgehead atoms. The first-order valence-corrected chi connectivity index (χ1v) is 9.30. The summed E-state index contributed by atoms with van der Waals surface area (Å²) in [6.07, 6.45) is 0.370. The zero-order valence-corrected chi connectivity index (χ0v) is 16.1. The van der Waals surface area contributed by atoms with E-state index in [1.54, 1.807) is 7.05 Å². The third-order valence-electron chi connectivity index (χ3n) is 4.77. The number of rotatable bonds is 7. The van der Waals surface area contributed by atoms with Gasteiger partial charge in [-0.05, 0) is 25.8 Å². The number of benzene rings is 1. The Hall–Kier alpha value is -2.61. The lowest BCUT2D eigenvalue weighted by Crippen LogP contribution is -2.64. The normalized spacial score (nSPS) is 23.4. The zero-order chi connectivity index (χ0) is 19.4. The van der Waals surface area contributed by atoms with Crippen molar-refractivity contribution < 1.29 is 14.3 Å². The summed E-state index contributed by atoms with van der Waals surface area (Å²) in [5.74, 6) is 0.336. The van der Waals surface area contributed by atoms with E-state index in [-0.39, 0.29) is 5.91 Å². The summed E-state index contributed by atoms with van der Waals surface area (Å²) >= 11 is 0. The van der Waals surface area contributed by atoms with Gasteiger partial charge in [-0.1, -0.05) is 29.8 Å². The fourth-order valence-corrected chi connectivity index (χ4v) is 3.40. The Kier molecular flexibility index (Phi) is 5.95. The number of hydrogen-bond acceptors (Lipinski definition) is 4. The van der Waals surface area contributed by atoms with Crippen LogP contribution in [-0.4, -0.2) is 66.7 Å². The predicted molar refractivity (Wildman–Crippen MR) is 102 cm³/mol. The molecule has 0 spiro atoms. The van der Waals surface area contributed by atoms with E-state index in [9.17, 15) is 9.59 Å². The van der Waals surface area contributed by atoms with E-state index < -0.39 is 18.2 Å². The minimum absolute atomic E-state index is 0.303. The highest BCUT2D eigenvalue weighted by Crippen LogP contribution is 2.23. The number of carbonyl (C=O) groups is 2. The van der Waals surface area contributed by atoms with Gasteiger partial charge in [-0.3, -0.25) is 15.1 Å². The average molecular weight is 373 g/mol. The largest absolute Gasteiger partial charge is 0.382 e. The van der Waals surface area contributed by atoms with Crippen molar-refractivity contribution in [1.82, 2.24) is 20.4 Å². The summed E-state index contributed by atoms with van der Waals surface area (Å²) in [4.78, 5) is 32.6. The molecule has 2 N–H and O–H groups in total. The standard InChI is InChI=1S/C19H27N5O3/c1-4-27-10-6-9-20-18-21-16-15(17(25)22-19(26)23(16)3)24(18)12-14-8-5-7-13(2)11-14/h5,7-8,11,15-16H,4,6,9-10,12H2,1-3H3,(H,20,21)(H,22,25,26). The number of aliphatic imine (C=N–C) groups is 1. The molecule has 0 aromatic heterocycles. The van der Waals surface area contributed by atoms with Crippen LogP contribution in [0.1, 0.15) is 24.5 Å². The van der Waals surface area contributed by atoms with Crippen LogP contribution in [0.2, 0.25) is 0 Å². The second-order valence-corrected chi connectivity index (χ2v) is 6.81. The van der Waals surface area contributed by atoms with Gasteiger partial charge in [0.15, 0.2) is 12.0 Å². The minimum Gasteiger partial charge on any atom is -0.382 e.